The fourth-order valence-corrected chi connectivity index (χ4v) is 2.18. The van der Waals surface area contributed by atoms with Gasteiger partial charge in [0.2, 0.25) is 0 Å². The molecule has 1 aromatic rings. The Labute approximate surface area is 117 Å². The van der Waals surface area contributed by atoms with Crippen molar-refractivity contribution in [3.63, 3.8) is 0 Å². The fourth-order valence-electron chi connectivity index (χ4n) is 2.18. The van der Waals surface area contributed by atoms with E-state index < -0.39 is 5.60 Å². The quantitative estimate of drug-likeness (QED) is 0.494. The van der Waals surface area contributed by atoms with E-state index >= 15 is 0 Å². The lowest BCUT2D eigenvalue weighted by Crippen LogP contribution is -2.50. The average molecular weight is 282 g/mol. The molecule has 112 valence electrons. The summed E-state index contributed by atoms with van der Waals surface area (Å²) >= 11 is 0. The summed E-state index contributed by atoms with van der Waals surface area (Å²) < 4.78 is 5.34. The van der Waals surface area contributed by atoms with Crippen LogP contribution in [0.25, 0.3) is 0 Å². The van der Waals surface area contributed by atoms with Crippen molar-refractivity contribution in [1.82, 2.24) is 20.6 Å². The fraction of sp³-hybridized carbons (Fsp3) is 0.692. The molecule has 1 fully saturated rings. The Bertz CT molecular complexity index is 481. The zero-order valence-corrected chi connectivity index (χ0v) is 11.7. The summed E-state index contributed by atoms with van der Waals surface area (Å²) in [5.74, 6) is 0.657. The Hall–Kier alpha value is -1.28. The van der Waals surface area contributed by atoms with Crippen LogP contribution in [0, 0.1) is 6.92 Å². The number of β-amino-alcohol motifs (C(OH)–C–C–N with tert-alkyl or cyclic N) is 1. The Kier molecular flexibility index (Phi) is 5.24. The zero-order valence-electron chi connectivity index (χ0n) is 11.7. The van der Waals surface area contributed by atoms with Crippen molar-refractivity contribution in [3.8, 4) is 0 Å². The molecule has 7 heteroatoms. The molecular weight excluding hydrogens is 260 g/mol. The number of aromatic nitrogens is 2. The van der Waals surface area contributed by atoms with Crippen molar-refractivity contribution in [1.29, 1.82) is 0 Å². The van der Waals surface area contributed by atoms with Crippen molar-refractivity contribution < 1.29 is 9.84 Å². The first-order valence-electron chi connectivity index (χ1n) is 6.86. The first-order chi connectivity index (χ1) is 9.57. The van der Waals surface area contributed by atoms with E-state index in [4.69, 9.17) is 4.74 Å². The topological polar surface area (TPSA) is 99.3 Å². The predicted molar refractivity (Wildman–Crippen MR) is 74.8 cm³/mol. The molecule has 0 radical (unpaired) electrons. The summed E-state index contributed by atoms with van der Waals surface area (Å²) in [4.78, 5) is 18.3. The number of hydrogen-bond acceptors (Lipinski definition) is 6. The highest BCUT2D eigenvalue weighted by Gasteiger charge is 2.28. The SMILES string of the molecule is Cc1cc(=O)[nH]c(CCNC[C@@]2(O)CNCCOC2)n1. The van der Waals surface area contributed by atoms with Crippen molar-refractivity contribution >= 4 is 0 Å². The van der Waals surface area contributed by atoms with E-state index in [2.05, 4.69) is 20.6 Å². The summed E-state index contributed by atoms with van der Waals surface area (Å²) in [5.41, 5.74) is -0.305. The van der Waals surface area contributed by atoms with Crippen molar-refractivity contribution in [2.75, 3.05) is 39.4 Å². The number of aromatic amines is 1. The molecule has 1 aromatic heterocycles. The van der Waals surface area contributed by atoms with Crippen LogP contribution in [0.1, 0.15) is 11.5 Å². The number of ether oxygens (including phenoxy) is 1. The molecule has 0 amide bonds. The molecular formula is C13H22N4O3. The highest BCUT2D eigenvalue weighted by atomic mass is 16.5. The molecule has 0 bridgehead atoms. The maximum atomic E-state index is 11.3. The lowest BCUT2D eigenvalue weighted by atomic mass is 10.1. The number of rotatable bonds is 5. The van der Waals surface area contributed by atoms with Gasteiger partial charge in [0.15, 0.2) is 0 Å². The summed E-state index contributed by atoms with van der Waals surface area (Å²) in [6, 6.07) is 1.47. The number of H-pyrrole nitrogens is 1. The van der Waals surface area contributed by atoms with E-state index in [9.17, 15) is 9.90 Å². The standard InChI is InChI=1S/C13H22N4O3/c1-10-6-12(18)17-11(16-10)2-3-14-7-13(19)8-15-4-5-20-9-13/h6,14-15,19H,2-5,7-9H2,1H3,(H,16,17,18)/t13-/m1/s1. The van der Waals surface area contributed by atoms with Crippen molar-refractivity contribution in [2.45, 2.75) is 18.9 Å². The van der Waals surface area contributed by atoms with Crippen molar-refractivity contribution in [3.05, 3.63) is 27.9 Å². The summed E-state index contributed by atoms with van der Waals surface area (Å²) in [5, 5.41) is 16.6. The molecule has 0 aromatic carbocycles. The third-order valence-corrected chi connectivity index (χ3v) is 3.16. The van der Waals surface area contributed by atoms with E-state index in [0.29, 0.717) is 50.8 Å². The smallest absolute Gasteiger partial charge is 0.251 e. The zero-order chi connectivity index (χ0) is 14.4. The predicted octanol–water partition coefficient (Wildman–Crippen LogP) is -1.44. The van der Waals surface area contributed by atoms with Gasteiger partial charge in [-0.1, -0.05) is 0 Å². The van der Waals surface area contributed by atoms with E-state index in [1.165, 1.54) is 6.07 Å². The van der Waals surface area contributed by atoms with Gasteiger partial charge in [-0.05, 0) is 6.92 Å². The van der Waals surface area contributed by atoms with Gasteiger partial charge >= 0.3 is 0 Å². The molecule has 0 spiro atoms. The molecule has 7 nitrogen and oxygen atoms in total. The van der Waals surface area contributed by atoms with Crippen LogP contribution in [0.5, 0.6) is 0 Å². The number of nitrogens with zero attached hydrogens (tertiary/aromatic N) is 1. The molecule has 1 saturated heterocycles. The Morgan fingerprint density at radius 1 is 1.60 bits per heavy atom. The van der Waals surface area contributed by atoms with Gasteiger partial charge in [0.25, 0.3) is 5.56 Å². The Morgan fingerprint density at radius 3 is 3.25 bits per heavy atom. The Morgan fingerprint density at radius 2 is 2.45 bits per heavy atom. The second kappa shape index (κ2) is 6.94. The van der Waals surface area contributed by atoms with Crippen LogP contribution in [0.4, 0.5) is 0 Å². The van der Waals surface area contributed by atoms with Crippen LogP contribution in [-0.2, 0) is 11.2 Å². The summed E-state index contributed by atoms with van der Waals surface area (Å²) in [6.45, 7) is 5.09. The molecule has 1 aliphatic heterocycles. The molecule has 4 N–H and O–H groups in total. The molecule has 1 atom stereocenters. The van der Waals surface area contributed by atoms with E-state index in [1.807, 2.05) is 0 Å². The van der Waals surface area contributed by atoms with Crippen LogP contribution in [0.3, 0.4) is 0 Å². The van der Waals surface area contributed by atoms with Gasteiger partial charge in [-0.25, -0.2) is 4.98 Å². The first-order valence-corrected chi connectivity index (χ1v) is 6.86. The maximum absolute atomic E-state index is 11.3. The van der Waals surface area contributed by atoms with Crippen LogP contribution < -0.4 is 16.2 Å². The van der Waals surface area contributed by atoms with Crippen molar-refractivity contribution in [2.24, 2.45) is 0 Å². The largest absolute Gasteiger partial charge is 0.385 e. The third kappa shape index (κ3) is 4.68. The van der Waals surface area contributed by atoms with Crippen LogP contribution in [-0.4, -0.2) is 60.1 Å². The normalized spacial score (nSPS) is 23.5. The number of nitrogens with one attached hydrogen (secondary N) is 3. The number of aryl methyl sites for hydroxylation is 1. The van der Waals surface area contributed by atoms with Gasteiger partial charge in [0.1, 0.15) is 11.4 Å². The first kappa shape index (κ1) is 15.1. The molecule has 0 aliphatic carbocycles. The molecule has 1 aliphatic rings. The summed E-state index contributed by atoms with van der Waals surface area (Å²) in [6.07, 6.45) is 0.612. The number of hydrogen-bond donors (Lipinski definition) is 4. The van der Waals surface area contributed by atoms with Crippen LogP contribution in [0.2, 0.25) is 0 Å². The second-order valence-corrected chi connectivity index (χ2v) is 5.21. The van der Waals surface area contributed by atoms with Gasteiger partial charge in [-0.15, -0.1) is 0 Å². The Balaban J connectivity index is 1.76. The average Bonchev–Trinajstić information content (AvgIpc) is 2.59. The minimum atomic E-state index is -0.885. The van der Waals surface area contributed by atoms with Gasteiger partial charge in [0, 0.05) is 44.4 Å². The van der Waals surface area contributed by atoms with Gasteiger partial charge in [-0.3, -0.25) is 4.79 Å². The lowest BCUT2D eigenvalue weighted by Gasteiger charge is -2.26. The minimum Gasteiger partial charge on any atom is -0.385 e. The molecule has 2 rings (SSSR count). The van der Waals surface area contributed by atoms with Crippen LogP contribution >= 0.6 is 0 Å². The van der Waals surface area contributed by atoms with E-state index in [0.717, 1.165) is 6.54 Å². The maximum Gasteiger partial charge on any atom is 0.251 e. The van der Waals surface area contributed by atoms with Gasteiger partial charge < -0.3 is 25.5 Å². The third-order valence-electron chi connectivity index (χ3n) is 3.16. The van der Waals surface area contributed by atoms with E-state index in [1.54, 1.807) is 6.92 Å². The highest BCUT2D eigenvalue weighted by molar-refractivity contribution is 5.00. The monoisotopic (exact) mass is 282 g/mol. The second-order valence-electron chi connectivity index (χ2n) is 5.21. The van der Waals surface area contributed by atoms with Crippen LogP contribution in [0.15, 0.2) is 10.9 Å². The van der Waals surface area contributed by atoms with E-state index in [-0.39, 0.29) is 5.56 Å². The molecule has 0 saturated carbocycles. The molecule has 20 heavy (non-hydrogen) atoms. The summed E-state index contributed by atoms with van der Waals surface area (Å²) in [7, 11) is 0. The molecule has 2 heterocycles. The lowest BCUT2D eigenvalue weighted by molar-refractivity contribution is -0.0260. The van der Waals surface area contributed by atoms with Gasteiger partial charge in [0.05, 0.1) is 13.2 Å². The molecule has 0 unspecified atom stereocenters. The number of aliphatic hydroxyl groups is 1. The van der Waals surface area contributed by atoms with Gasteiger partial charge in [-0.2, -0.15) is 0 Å². The highest BCUT2D eigenvalue weighted by Crippen LogP contribution is 2.05. The minimum absolute atomic E-state index is 0.132.